The van der Waals surface area contributed by atoms with Gasteiger partial charge in [0.25, 0.3) is 23.6 Å². The van der Waals surface area contributed by atoms with Crippen molar-refractivity contribution in [2.45, 2.75) is 138 Å². The fraction of sp³-hybridized carbons (Fsp3) is 0.316. The monoisotopic (exact) mass is 1640 g/mol. The van der Waals surface area contributed by atoms with Crippen LogP contribution < -0.4 is 21.3 Å². The van der Waals surface area contributed by atoms with Gasteiger partial charge in [0.15, 0.2) is 29.1 Å². The number of nitrogens with zero attached hydrogens (tertiary/aromatic N) is 1. The van der Waals surface area contributed by atoms with E-state index in [9.17, 15) is 82.2 Å². The normalized spacial score (nSPS) is 17.9. The fourth-order valence-electron chi connectivity index (χ4n) is 12.3. The van der Waals surface area contributed by atoms with Gasteiger partial charge in [-0.15, -0.1) is 47.0 Å². The lowest BCUT2D eigenvalue weighted by atomic mass is 9.87. The highest BCUT2D eigenvalue weighted by molar-refractivity contribution is 8.00. The number of anilines is 4. The van der Waals surface area contributed by atoms with E-state index in [4.69, 9.17) is 33.4 Å². The van der Waals surface area contributed by atoms with E-state index in [0.29, 0.717) is 80.1 Å². The number of likely N-dealkylation sites (tertiary alicyclic amines) is 1. The van der Waals surface area contributed by atoms with Crippen LogP contribution in [0.3, 0.4) is 0 Å². The Morgan fingerprint density at radius 3 is 1.25 bits per heavy atom. The van der Waals surface area contributed by atoms with Gasteiger partial charge in [-0.3, -0.25) is 28.8 Å². The summed E-state index contributed by atoms with van der Waals surface area (Å²) in [6.07, 6.45) is 11.1. The predicted molar refractivity (Wildman–Crippen MR) is 406 cm³/mol. The van der Waals surface area contributed by atoms with Crippen molar-refractivity contribution in [1.82, 2.24) is 4.90 Å². The van der Waals surface area contributed by atoms with Crippen molar-refractivity contribution >= 4 is 129 Å². The second kappa shape index (κ2) is 41.3. The molecular formula is C79H74Cl2F11N5O9S4. The minimum Gasteiger partial charge on any atom is -0.481 e. The van der Waals surface area contributed by atoms with Gasteiger partial charge in [-0.25, -0.2) is 48.3 Å². The van der Waals surface area contributed by atoms with Crippen LogP contribution in [0.25, 0.3) is 0 Å². The van der Waals surface area contributed by atoms with Gasteiger partial charge in [0.05, 0.1) is 16.1 Å². The molecule has 31 heteroatoms. The van der Waals surface area contributed by atoms with E-state index in [2.05, 4.69) is 21.3 Å². The van der Waals surface area contributed by atoms with E-state index >= 15 is 0 Å². The van der Waals surface area contributed by atoms with Crippen molar-refractivity contribution < 1.29 is 92.4 Å². The zero-order chi connectivity index (χ0) is 79.3. The number of aliphatic carboxylic acids is 1. The number of thioether (sulfide) groups is 4. The molecular weight excluding hydrogens is 1570 g/mol. The Bertz CT molecular complexity index is 4600. The van der Waals surface area contributed by atoms with Crippen molar-refractivity contribution in [3.63, 3.8) is 0 Å². The molecule has 1 saturated heterocycles. The van der Waals surface area contributed by atoms with E-state index < -0.39 is 93.6 Å². The number of piperidine rings is 1. The largest absolute Gasteiger partial charge is 0.481 e. The van der Waals surface area contributed by atoms with Crippen LogP contribution in [0, 0.1) is 75.8 Å². The Hall–Kier alpha value is -8.29. The first-order valence-corrected chi connectivity index (χ1v) is 39.3. The van der Waals surface area contributed by atoms with Gasteiger partial charge in [0.2, 0.25) is 5.91 Å². The molecule has 1 heterocycles. The van der Waals surface area contributed by atoms with Crippen LogP contribution in [0.1, 0.15) is 138 Å². The van der Waals surface area contributed by atoms with Crippen molar-refractivity contribution in [1.29, 1.82) is 0 Å². The molecule has 0 aromatic heterocycles. The third-order valence-corrected chi connectivity index (χ3v) is 23.7. The maximum atomic E-state index is 14.5. The Morgan fingerprint density at radius 1 is 0.418 bits per heavy atom. The molecule has 8 aromatic carbocycles. The number of aliphatic hydroxyl groups excluding tert-OH is 2. The number of carboxylic acid groups (broad SMARTS) is 1. The second-order valence-electron chi connectivity index (χ2n) is 26.2. The number of rotatable bonds is 21. The molecule has 0 spiro atoms. The van der Waals surface area contributed by atoms with E-state index in [1.807, 2.05) is 4.90 Å². The van der Waals surface area contributed by atoms with Gasteiger partial charge in [-0.2, -0.15) is 0 Å². The number of carbonyl (C=O) groups excluding carboxylic acids is 5. The van der Waals surface area contributed by atoms with Crippen LogP contribution in [0.2, 0.25) is 10.0 Å². The lowest BCUT2D eigenvalue weighted by Gasteiger charge is -2.33. The predicted octanol–water partition coefficient (Wildman–Crippen LogP) is 20.5. The van der Waals surface area contributed by atoms with Gasteiger partial charge >= 0.3 is 5.97 Å². The Labute approximate surface area is 653 Å². The van der Waals surface area contributed by atoms with Crippen LogP contribution in [0.5, 0.6) is 0 Å². The fourth-order valence-corrected chi connectivity index (χ4v) is 17.5. The minimum absolute atomic E-state index is 0.0217. The summed E-state index contributed by atoms with van der Waals surface area (Å²) in [7, 11) is 0. The standard InChI is InChI=1S/C25H26F4N2O2S.C20H18F3NO3S.C18H16ClF2NO2S.C16H14ClF2NO2S/c26-19-9-6-16(24(32)30-17-13-20(27)23(29)21(28)14-17)12-22(19)34-18-7-4-15(5-8-18)25(33)31-10-2-1-3-11-31;21-15-6-3-13(10-17(15)23)24-20(27)12-2-5-16(22)18(9-12)28-14-4-1-11(7-14)8-19(25)26;19-14-8-11(2-6-15(14)20)22-18(24)10-1-5-16(21)17(7-10)25-13-4-3-12(23)9-13;17-12-9-11(3-5-13(12)18)20-16(22)10-2-4-14(19)15(8-10)23-7-1-6-21/h6,9,12-15,18H,1-5,7-8,10-11H2,(H,30,32);2-3,5-6,9-11,14H,1,4,7-8H2,(H,24,27)(H,25,26);1-2,5-8,12-13,23H,3-4,9H2,(H,22,24);2-5,8-9,21H,1,6-7H2,(H,20,22)/t;;12-,13?;/m..0./s1. The maximum absolute atomic E-state index is 14.5. The number of halogens is 13. The number of hydrogen-bond acceptors (Lipinski definition) is 12. The lowest BCUT2D eigenvalue weighted by molar-refractivity contribution is -0.138. The minimum atomic E-state index is -1.62. The SMILES string of the molecule is O=C(Nc1cc(F)c(F)c(F)c1)c1ccc(F)c(SC2CCC(C(=O)N3CCCCC3)CC2)c1.O=C(Nc1ccc(F)c(Cl)c1)c1ccc(F)c(SC2CC[C@H](O)C2)c1.O=C(Nc1ccc(F)c(Cl)c1)c1ccc(F)c(SCCCO)c1.O=C(O)CC1CCC(Sc2cc(C(=O)Nc3ccc(F)c(F)c3)ccc2F)C1. The van der Waals surface area contributed by atoms with Crippen LogP contribution in [0.4, 0.5) is 71.0 Å². The molecule has 12 rings (SSSR count). The molecule has 1 aliphatic heterocycles. The summed E-state index contributed by atoms with van der Waals surface area (Å²) in [5.74, 6) is -11.5. The maximum Gasteiger partial charge on any atom is 0.303 e. The lowest BCUT2D eigenvalue weighted by Crippen LogP contribution is -2.41. The van der Waals surface area contributed by atoms with E-state index in [-0.39, 0.29) is 90.7 Å². The Balaban J connectivity index is 0.000000171. The molecule has 3 aliphatic carbocycles. The van der Waals surface area contributed by atoms with E-state index in [1.54, 1.807) is 0 Å². The van der Waals surface area contributed by atoms with Crippen molar-refractivity contribution in [3.8, 4) is 0 Å². The molecule has 14 nitrogen and oxygen atoms in total. The molecule has 584 valence electrons. The highest BCUT2D eigenvalue weighted by atomic mass is 35.5. The summed E-state index contributed by atoms with van der Waals surface area (Å²) in [5.41, 5.74) is 1.43. The smallest absolute Gasteiger partial charge is 0.303 e. The van der Waals surface area contributed by atoms with Crippen LogP contribution in [-0.4, -0.2) is 103 Å². The zero-order valence-corrected chi connectivity index (χ0v) is 63.2. The number of carbonyl (C=O) groups is 6. The number of hydrogen-bond donors (Lipinski definition) is 7. The number of aliphatic hydroxyl groups is 2. The average molecular weight is 1650 g/mol. The summed E-state index contributed by atoms with van der Waals surface area (Å²) in [4.78, 5) is 76.3. The van der Waals surface area contributed by atoms with E-state index in [0.717, 1.165) is 95.1 Å². The van der Waals surface area contributed by atoms with E-state index in [1.165, 1.54) is 157 Å². The summed E-state index contributed by atoms with van der Waals surface area (Å²) in [5, 5.41) is 37.3. The average Bonchev–Trinajstić information content (AvgIpc) is 1.07. The molecule has 7 N–H and O–H groups in total. The Morgan fingerprint density at radius 2 is 0.809 bits per heavy atom. The molecule has 5 amide bonds. The summed E-state index contributed by atoms with van der Waals surface area (Å²) in [6.45, 7) is 1.70. The number of nitrogens with one attached hydrogen (secondary N) is 4. The quantitative estimate of drug-likeness (QED) is 0.0155. The van der Waals surface area contributed by atoms with Gasteiger partial charge in [0, 0.05) is 136 Å². The number of amides is 5. The van der Waals surface area contributed by atoms with Gasteiger partial charge in [0.1, 0.15) is 34.9 Å². The van der Waals surface area contributed by atoms with Crippen LogP contribution in [-0.2, 0) is 9.59 Å². The summed E-state index contributed by atoms with van der Waals surface area (Å²) < 4.78 is 149. The first-order valence-electron chi connectivity index (χ1n) is 34.9. The molecule has 0 radical (unpaired) electrons. The van der Waals surface area contributed by atoms with Crippen LogP contribution in [0.15, 0.2) is 159 Å². The zero-order valence-electron chi connectivity index (χ0n) is 58.5. The summed E-state index contributed by atoms with van der Waals surface area (Å²) in [6, 6.07) is 28.0. The third kappa shape index (κ3) is 25.4. The molecule has 4 fully saturated rings. The topological polar surface area (TPSA) is 214 Å². The molecule has 4 aliphatic rings. The molecule has 8 aromatic rings. The number of benzene rings is 8. The first-order chi connectivity index (χ1) is 52.6. The molecule has 3 saturated carbocycles. The van der Waals surface area contributed by atoms with Crippen molar-refractivity contribution in [3.05, 3.63) is 236 Å². The van der Waals surface area contributed by atoms with Gasteiger partial charge in [-0.05, 0) is 217 Å². The van der Waals surface area contributed by atoms with Gasteiger partial charge < -0.3 is 41.5 Å². The Kier molecular flexibility index (Phi) is 32.2. The highest BCUT2D eigenvalue weighted by Gasteiger charge is 2.33. The van der Waals surface area contributed by atoms with Gasteiger partial charge in [-0.1, -0.05) is 23.2 Å². The first kappa shape index (κ1) is 85.7. The van der Waals surface area contributed by atoms with Crippen molar-refractivity contribution in [2.24, 2.45) is 11.8 Å². The molecule has 110 heavy (non-hydrogen) atoms. The molecule has 0 bridgehead atoms. The third-order valence-electron chi connectivity index (χ3n) is 18.0. The van der Waals surface area contributed by atoms with Crippen LogP contribution >= 0.6 is 70.2 Å². The molecule has 4 atom stereocenters. The second-order valence-corrected chi connectivity index (χ2v) is 32.1. The summed E-state index contributed by atoms with van der Waals surface area (Å²) >= 11 is 16.6. The molecule has 3 unspecified atom stereocenters. The highest BCUT2D eigenvalue weighted by Crippen LogP contribution is 2.42. The number of carboxylic acids is 1. The van der Waals surface area contributed by atoms with Crippen molar-refractivity contribution in [2.75, 3.05) is 46.7 Å².